The molecule has 0 atom stereocenters. The van der Waals surface area contributed by atoms with Gasteiger partial charge in [-0.2, -0.15) is 4.98 Å². The fraction of sp³-hybridized carbons (Fsp3) is 0.692. The highest BCUT2D eigenvalue weighted by Crippen LogP contribution is 2.16. The van der Waals surface area contributed by atoms with E-state index in [-0.39, 0.29) is 5.41 Å². The van der Waals surface area contributed by atoms with E-state index >= 15 is 0 Å². The number of rotatable bonds is 3. The zero-order valence-electron chi connectivity index (χ0n) is 11.5. The zero-order valence-corrected chi connectivity index (χ0v) is 11.5. The van der Waals surface area contributed by atoms with Crippen LogP contribution in [0.2, 0.25) is 0 Å². The van der Waals surface area contributed by atoms with Gasteiger partial charge in [0.2, 0.25) is 5.95 Å². The van der Waals surface area contributed by atoms with Crippen LogP contribution in [0.15, 0.2) is 12.3 Å². The molecule has 2 rings (SSSR count). The highest BCUT2D eigenvalue weighted by Gasteiger charge is 2.13. The number of nitrogens with zero attached hydrogens (tertiary/aromatic N) is 3. The van der Waals surface area contributed by atoms with Crippen LogP contribution in [0.25, 0.3) is 0 Å². The molecule has 1 fully saturated rings. The molecule has 0 aliphatic carbocycles. The lowest BCUT2D eigenvalue weighted by Gasteiger charge is -2.28. The van der Waals surface area contributed by atoms with E-state index in [0.29, 0.717) is 0 Å². The number of hydrogen-bond acceptors (Lipinski definition) is 5. The standard InChI is InChI=1S/C13H23N5/c1-13(2,3)10-16-12-15-5-4-11(17-12)18-8-6-14-7-9-18/h4-5,14H,6-10H2,1-3H3,(H,15,16,17). The van der Waals surface area contributed by atoms with Crippen molar-refractivity contribution in [3.63, 3.8) is 0 Å². The van der Waals surface area contributed by atoms with Crippen LogP contribution >= 0.6 is 0 Å². The topological polar surface area (TPSA) is 53.1 Å². The Kier molecular flexibility index (Phi) is 4.01. The normalized spacial score (nSPS) is 16.7. The summed E-state index contributed by atoms with van der Waals surface area (Å²) in [6, 6.07) is 1.98. The Balaban J connectivity index is 2.00. The van der Waals surface area contributed by atoms with Gasteiger partial charge in [-0.25, -0.2) is 4.98 Å². The second-order valence-corrected chi connectivity index (χ2v) is 5.89. The van der Waals surface area contributed by atoms with Crippen molar-refractivity contribution >= 4 is 11.8 Å². The smallest absolute Gasteiger partial charge is 0.224 e. The monoisotopic (exact) mass is 249 g/mol. The second kappa shape index (κ2) is 5.52. The zero-order chi connectivity index (χ0) is 13.0. The third kappa shape index (κ3) is 3.84. The lowest BCUT2D eigenvalue weighted by Crippen LogP contribution is -2.44. The summed E-state index contributed by atoms with van der Waals surface area (Å²) in [7, 11) is 0. The number of piperazine rings is 1. The highest BCUT2D eigenvalue weighted by molar-refractivity contribution is 5.43. The van der Waals surface area contributed by atoms with Gasteiger partial charge < -0.3 is 15.5 Å². The Morgan fingerprint density at radius 3 is 2.72 bits per heavy atom. The van der Waals surface area contributed by atoms with Crippen molar-refractivity contribution in [3.05, 3.63) is 12.3 Å². The molecular formula is C13H23N5. The van der Waals surface area contributed by atoms with E-state index in [4.69, 9.17) is 0 Å². The maximum Gasteiger partial charge on any atom is 0.224 e. The lowest BCUT2D eigenvalue weighted by atomic mass is 9.97. The molecule has 18 heavy (non-hydrogen) atoms. The number of anilines is 2. The molecule has 0 spiro atoms. The van der Waals surface area contributed by atoms with Crippen LogP contribution < -0.4 is 15.5 Å². The molecule has 0 radical (unpaired) electrons. The van der Waals surface area contributed by atoms with E-state index in [1.807, 2.05) is 12.3 Å². The number of hydrogen-bond donors (Lipinski definition) is 2. The largest absolute Gasteiger partial charge is 0.354 e. The molecule has 2 N–H and O–H groups in total. The van der Waals surface area contributed by atoms with E-state index in [2.05, 4.69) is 46.3 Å². The summed E-state index contributed by atoms with van der Waals surface area (Å²) in [5, 5.41) is 6.64. The first-order valence-corrected chi connectivity index (χ1v) is 6.57. The molecule has 1 aliphatic rings. The van der Waals surface area contributed by atoms with Crippen LogP contribution in [-0.4, -0.2) is 42.7 Å². The van der Waals surface area contributed by atoms with E-state index < -0.39 is 0 Å². The molecule has 2 heterocycles. The molecule has 100 valence electrons. The van der Waals surface area contributed by atoms with Crippen LogP contribution in [0.1, 0.15) is 20.8 Å². The van der Waals surface area contributed by atoms with E-state index in [1.165, 1.54) is 0 Å². The quantitative estimate of drug-likeness (QED) is 0.847. The van der Waals surface area contributed by atoms with E-state index in [1.54, 1.807) is 0 Å². The minimum atomic E-state index is 0.231. The van der Waals surface area contributed by atoms with Crippen molar-refractivity contribution in [1.29, 1.82) is 0 Å². The molecule has 0 aromatic carbocycles. The molecule has 0 bridgehead atoms. The van der Waals surface area contributed by atoms with Gasteiger partial charge in [-0.3, -0.25) is 0 Å². The molecule has 0 saturated carbocycles. The van der Waals surface area contributed by atoms with Crippen molar-refractivity contribution in [3.8, 4) is 0 Å². The van der Waals surface area contributed by atoms with Gasteiger partial charge in [0.1, 0.15) is 5.82 Å². The van der Waals surface area contributed by atoms with Crippen molar-refractivity contribution in [2.75, 3.05) is 42.9 Å². The average Bonchev–Trinajstić information content (AvgIpc) is 2.37. The maximum absolute atomic E-state index is 4.58. The molecule has 1 aromatic rings. The predicted octanol–water partition coefficient (Wildman–Crippen LogP) is 1.34. The first kappa shape index (κ1) is 13.1. The van der Waals surface area contributed by atoms with Crippen LogP contribution in [-0.2, 0) is 0 Å². The Labute approximate surface area is 109 Å². The summed E-state index contributed by atoms with van der Waals surface area (Å²) in [6.07, 6.45) is 1.83. The van der Waals surface area contributed by atoms with Gasteiger partial charge >= 0.3 is 0 Å². The molecular weight excluding hydrogens is 226 g/mol. The van der Waals surface area contributed by atoms with Crippen LogP contribution in [0.5, 0.6) is 0 Å². The third-order valence-corrected chi connectivity index (χ3v) is 2.86. The summed E-state index contributed by atoms with van der Waals surface area (Å²) in [5.41, 5.74) is 0.231. The van der Waals surface area contributed by atoms with E-state index in [0.717, 1.165) is 44.5 Å². The second-order valence-electron chi connectivity index (χ2n) is 5.89. The van der Waals surface area contributed by atoms with Crippen molar-refractivity contribution in [2.45, 2.75) is 20.8 Å². The van der Waals surface area contributed by atoms with Crippen molar-refractivity contribution in [1.82, 2.24) is 15.3 Å². The van der Waals surface area contributed by atoms with Crippen molar-refractivity contribution in [2.24, 2.45) is 5.41 Å². The van der Waals surface area contributed by atoms with Gasteiger partial charge in [-0.1, -0.05) is 20.8 Å². The summed E-state index contributed by atoms with van der Waals surface area (Å²) in [6.45, 7) is 11.5. The molecule has 5 heteroatoms. The molecule has 1 aromatic heterocycles. The molecule has 0 unspecified atom stereocenters. The van der Waals surface area contributed by atoms with Crippen LogP contribution in [0.4, 0.5) is 11.8 Å². The number of nitrogens with one attached hydrogen (secondary N) is 2. The minimum absolute atomic E-state index is 0.231. The molecule has 0 amide bonds. The van der Waals surface area contributed by atoms with Crippen LogP contribution in [0, 0.1) is 5.41 Å². The van der Waals surface area contributed by atoms with Gasteiger partial charge in [0.15, 0.2) is 0 Å². The Hall–Kier alpha value is -1.36. The Morgan fingerprint density at radius 2 is 2.06 bits per heavy atom. The average molecular weight is 249 g/mol. The van der Waals surface area contributed by atoms with Crippen molar-refractivity contribution < 1.29 is 0 Å². The molecule has 1 aliphatic heterocycles. The highest BCUT2D eigenvalue weighted by atomic mass is 15.3. The first-order chi connectivity index (χ1) is 8.54. The fourth-order valence-electron chi connectivity index (χ4n) is 1.85. The number of aromatic nitrogens is 2. The maximum atomic E-state index is 4.58. The van der Waals surface area contributed by atoms with Gasteiger partial charge in [-0.15, -0.1) is 0 Å². The summed E-state index contributed by atoms with van der Waals surface area (Å²) < 4.78 is 0. The van der Waals surface area contributed by atoms with Gasteiger partial charge in [0, 0.05) is 38.9 Å². The van der Waals surface area contributed by atoms with Gasteiger partial charge in [0.05, 0.1) is 0 Å². The minimum Gasteiger partial charge on any atom is -0.354 e. The SMILES string of the molecule is CC(C)(C)CNc1nccc(N2CCNCC2)n1. The summed E-state index contributed by atoms with van der Waals surface area (Å²) in [5.74, 6) is 1.74. The molecule has 1 saturated heterocycles. The van der Waals surface area contributed by atoms with Crippen LogP contribution in [0.3, 0.4) is 0 Å². The summed E-state index contributed by atoms with van der Waals surface area (Å²) >= 11 is 0. The Morgan fingerprint density at radius 1 is 1.33 bits per heavy atom. The first-order valence-electron chi connectivity index (χ1n) is 6.57. The van der Waals surface area contributed by atoms with E-state index in [9.17, 15) is 0 Å². The predicted molar refractivity (Wildman–Crippen MR) is 75.1 cm³/mol. The lowest BCUT2D eigenvalue weighted by molar-refractivity contribution is 0.441. The van der Waals surface area contributed by atoms with Gasteiger partial charge in [-0.05, 0) is 11.5 Å². The van der Waals surface area contributed by atoms with Gasteiger partial charge in [0.25, 0.3) is 0 Å². The third-order valence-electron chi connectivity index (χ3n) is 2.86. The fourth-order valence-corrected chi connectivity index (χ4v) is 1.85. The Bertz CT molecular complexity index is 379. The summed E-state index contributed by atoms with van der Waals surface area (Å²) in [4.78, 5) is 11.1. The molecule has 5 nitrogen and oxygen atoms in total.